The summed E-state index contributed by atoms with van der Waals surface area (Å²) in [5.41, 5.74) is 6.55. The van der Waals surface area contributed by atoms with Crippen molar-refractivity contribution in [1.82, 2.24) is 0 Å². The van der Waals surface area contributed by atoms with E-state index in [-0.39, 0.29) is 5.75 Å². The third kappa shape index (κ3) is 4.10. The predicted molar refractivity (Wildman–Crippen MR) is 67.7 cm³/mol. The normalized spacial score (nSPS) is 11.7. The standard InChI is InChI=1S/C11H18N2O2S/c1-9(2)7-8-16(14,15)13-11-6-4-3-5-10(11)12/h3-6,9,13H,7-8,12H2,1-2H3. The van der Waals surface area contributed by atoms with Crippen LogP contribution in [-0.2, 0) is 10.0 Å². The molecule has 0 aromatic heterocycles. The van der Waals surface area contributed by atoms with Gasteiger partial charge in [0.1, 0.15) is 0 Å². The van der Waals surface area contributed by atoms with Crippen molar-refractivity contribution in [3.8, 4) is 0 Å². The number of hydrogen-bond acceptors (Lipinski definition) is 3. The molecule has 0 spiro atoms. The molecule has 0 saturated carbocycles. The number of benzene rings is 1. The molecule has 0 aliphatic heterocycles. The van der Waals surface area contributed by atoms with E-state index in [9.17, 15) is 8.42 Å². The van der Waals surface area contributed by atoms with Gasteiger partial charge in [0.25, 0.3) is 0 Å². The zero-order chi connectivity index (χ0) is 12.2. The Kier molecular flexibility index (Phi) is 4.18. The fourth-order valence-electron chi connectivity index (χ4n) is 1.20. The quantitative estimate of drug-likeness (QED) is 0.776. The minimum absolute atomic E-state index is 0.124. The van der Waals surface area contributed by atoms with Crippen LogP contribution >= 0.6 is 0 Å². The predicted octanol–water partition coefficient (Wildman–Crippen LogP) is 2.06. The Hall–Kier alpha value is -1.23. The molecule has 0 unspecified atom stereocenters. The van der Waals surface area contributed by atoms with Crippen LogP contribution in [0.1, 0.15) is 20.3 Å². The van der Waals surface area contributed by atoms with E-state index in [1.165, 1.54) is 0 Å². The number of rotatable bonds is 5. The molecule has 0 saturated heterocycles. The van der Waals surface area contributed by atoms with Gasteiger partial charge in [0.2, 0.25) is 10.0 Å². The fraction of sp³-hybridized carbons (Fsp3) is 0.455. The second kappa shape index (κ2) is 5.21. The molecule has 0 radical (unpaired) electrons. The van der Waals surface area contributed by atoms with Gasteiger partial charge in [-0.25, -0.2) is 8.42 Å². The molecule has 0 heterocycles. The van der Waals surface area contributed by atoms with Crippen LogP contribution in [0.15, 0.2) is 24.3 Å². The number of sulfonamides is 1. The van der Waals surface area contributed by atoms with Gasteiger partial charge in [0, 0.05) is 0 Å². The van der Waals surface area contributed by atoms with E-state index in [0.717, 1.165) is 0 Å². The summed E-state index contributed by atoms with van der Waals surface area (Å²) in [7, 11) is -3.28. The van der Waals surface area contributed by atoms with Crippen molar-refractivity contribution in [3.63, 3.8) is 0 Å². The average molecular weight is 242 g/mol. The Morgan fingerprint density at radius 3 is 2.50 bits per heavy atom. The minimum atomic E-state index is -3.28. The van der Waals surface area contributed by atoms with E-state index < -0.39 is 10.0 Å². The smallest absolute Gasteiger partial charge is 0.232 e. The molecule has 0 aliphatic carbocycles. The van der Waals surface area contributed by atoms with Crippen LogP contribution in [0.2, 0.25) is 0 Å². The monoisotopic (exact) mass is 242 g/mol. The van der Waals surface area contributed by atoms with Crippen molar-refractivity contribution < 1.29 is 8.42 Å². The van der Waals surface area contributed by atoms with Crippen LogP contribution in [0.5, 0.6) is 0 Å². The van der Waals surface area contributed by atoms with E-state index >= 15 is 0 Å². The lowest BCUT2D eigenvalue weighted by atomic mass is 10.2. The van der Waals surface area contributed by atoms with Crippen molar-refractivity contribution in [2.24, 2.45) is 5.92 Å². The number of para-hydroxylation sites is 2. The maximum absolute atomic E-state index is 11.7. The summed E-state index contributed by atoms with van der Waals surface area (Å²) >= 11 is 0. The Labute approximate surface area is 96.9 Å². The van der Waals surface area contributed by atoms with E-state index in [2.05, 4.69) is 4.72 Å². The van der Waals surface area contributed by atoms with Gasteiger partial charge in [0.05, 0.1) is 17.1 Å². The third-order valence-corrected chi connectivity index (χ3v) is 3.49. The number of nitrogens with two attached hydrogens (primary N) is 1. The number of anilines is 2. The maximum atomic E-state index is 11.7. The van der Waals surface area contributed by atoms with E-state index in [1.807, 2.05) is 13.8 Å². The Balaban J connectivity index is 2.70. The highest BCUT2D eigenvalue weighted by Crippen LogP contribution is 2.18. The fourth-order valence-corrected chi connectivity index (χ4v) is 2.60. The summed E-state index contributed by atoms with van der Waals surface area (Å²) in [6, 6.07) is 6.83. The van der Waals surface area contributed by atoms with Gasteiger partial charge < -0.3 is 5.73 Å². The van der Waals surface area contributed by atoms with Gasteiger partial charge >= 0.3 is 0 Å². The highest BCUT2D eigenvalue weighted by molar-refractivity contribution is 7.92. The van der Waals surface area contributed by atoms with Crippen molar-refractivity contribution in [1.29, 1.82) is 0 Å². The molecule has 0 bridgehead atoms. The van der Waals surface area contributed by atoms with Crippen LogP contribution in [0, 0.1) is 5.92 Å². The molecule has 3 N–H and O–H groups in total. The number of nitrogens with one attached hydrogen (secondary N) is 1. The van der Waals surface area contributed by atoms with Crippen LogP contribution < -0.4 is 10.5 Å². The minimum Gasteiger partial charge on any atom is -0.397 e. The SMILES string of the molecule is CC(C)CCS(=O)(=O)Nc1ccccc1N. The summed E-state index contributed by atoms with van der Waals surface area (Å²) in [6.45, 7) is 3.98. The van der Waals surface area contributed by atoms with E-state index in [4.69, 9.17) is 5.73 Å². The molecule has 0 atom stereocenters. The highest BCUT2D eigenvalue weighted by atomic mass is 32.2. The van der Waals surface area contributed by atoms with E-state index in [1.54, 1.807) is 24.3 Å². The molecule has 4 nitrogen and oxygen atoms in total. The maximum Gasteiger partial charge on any atom is 0.232 e. The number of hydrogen-bond donors (Lipinski definition) is 2. The Morgan fingerprint density at radius 1 is 1.31 bits per heavy atom. The molecule has 1 aromatic carbocycles. The first-order chi connectivity index (χ1) is 7.41. The summed E-state index contributed by atoms with van der Waals surface area (Å²) in [5.74, 6) is 0.489. The first-order valence-electron chi connectivity index (χ1n) is 5.26. The molecule has 1 rings (SSSR count). The van der Waals surface area contributed by atoms with Gasteiger partial charge in [-0.05, 0) is 24.5 Å². The summed E-state index contributed by atoms with van der Waals surface area (Å²) in [6.07, 6.45) is 0.641. The average Bonchev–Trinajstić information content (AvgIpc) is 2.19. The van der Waals surface area contributed by atoms with Crippen LogP contribution in [0.4, 0.5) is 11.4 Å². The van der Waals surface area contributed by atoms with Crippen molar-refractivity contribution in [2.45, 2.75) is 20.3 Å². The first kappa shape index (κ1) is 12.8. The molecule has 0 fully saturated rings. The molecule has 16 heavy (non-hydrogen) atoms. The third-order valence-electron chi connectivity index (χ3n) is 2.19. The summed E-state index contributed by atoms with van der Waals surface area (Å²) in [4.78, 5) is 0. The Morgan fingerprint density at radius 2 is 1.94 bits per heavy atom. The van der Waals surface area contributed by atoms with Crippen LogP contribution in [0.25, 0.3) is 0 Å². The van der Waals surface area contributed by atoms with Gasteiger partial charge in [-0.3, -0.25) is 4.72 Å². The van der Waals surface area contributed by atoms with Gasteiger partial charge in [-0.1, -0.05) is 26.0 Å². The molecule has 0 amide bonds. The highest BCUT2D eigenvalue weighted by Gasteiger charge is 2.12. The van der Waals surface area contributed by atoms with Crippen molar-refractivity contribution >= 4 is 21.4 Å². The van der Waals surface area contributed by atoms with Gasteiger partial charge in [-0.2, -0.15) is 0 Å². The van der Waals surface area contributed by atoms with Crippen LogP contribution in [0.3, 0.4) is 0 Å². The second-order valence-electron chi connectivity index (χ2n) is 4.19. The molecular weight excluding hydrogens is 224 g/mol. The zero-order valence-corrected chi connectivity index (χ0v) is 10.4. The largest absolute Gasteiger partial charge is 0.397 e. The van der Waals surface area contributed by atoms with Gasteiger partial charge in [0.15, 0.2) is 0 Å². The molecule has 0 aliphatic rings. The molecular formula is C11H18N2O2S. The molecule has 1 aromatic rings. The zero-order valence-electron chi connectivity index (χ0n) is 9.60. The summed E-state index contributed by atoms with van der Waals surface area (Å²) < 4.78 is 25.9. The number of nitrogen functional groups attached to an aromatic ring is 1. The van der Waals surface area contributed by atoms with Crippen molar-refractivity contribution in [3.05, 3.63) is 24.3 Å². The lowest BCUT2D eigenvalue weighted by Crippen LogP contribution is -2.18. The van der Waals surface area contributed by atoms with Crippen LogP contribution in [-0.4, -0.2) is 14.2 Å². The Bertz CT molecular complexity index is 441. The molecule has 5 heteroatoms. The molecule has 90 valence electrons. The first-order valence-corrected chi connectivity index (χ1v) is 6.91. The van der Waals surface area contributed by atoms with E-state index in [0.29, 0.717) is 23.7 Å². The van der Waals surface area contributed by atoms with Gasteiger partial charge in [-0.15, -0.1) is 0 Å². The second-order valence-corrected chi connectivity index (χ2v) is 6.03. The van der Waals surface area contributed by atoms with Crippen molar-refractivity contribution in [2.75, 3.05) is 16.2 Å². The lowest BCUT2D eigenvalue weighted by molar-refractivity contribution is 0.578. The lowest BCUT2D eigenvalue weighted by Gasteiger charge is -2.10. The topological polar surface area (TPSA) is 72.2 Å². The summed E-state index contributed by atoms with van der Waals surface area (Å²) in [5, 5.41) is 0.